The first kappa shape index (κ1) is 17.5. The smallest absolute Gasteiger partial charge is 0.341 e. The molecule has 5 heteroatoms. The number of hydrogen-bond donors (Lipinski definition) is 0. The standard InChI is InChI=1S/C21H14F2O3/c22-19-17(16-8-4-7-15(11-16)12-24)9-10-18(20(19)23)21(25)26-13-14-5-2-1-3-6-14/h1-12H,13H2. The van der Waals surface area contributed by atoms with E-state index in [9.17, 15) is 18.4 Å². The van der Waals surface area contributed by atoms with Crippen LogP contribution in [0.3, 0.4) is 0 Å². The van der Waals surface area contributed by atoms with Gasteiger partial charge in [0.2, 0.25) is 0 Å². The Bertz CT molecular complexity index is 953. The molecular formula is C21H14F2O3. The van der Waals surface area contributed by atoms with Gasteiger partial charge in [0, 0.05) is 11.1 Å². The Morgan fingerprint density at radius 2 is 1.69 bits per heavy atom. The van der Waals surface area contributed by atoms with Gasteiger partial charge >= 0.3 is 5.97 Å². The Morgan fingerprint density at radius 3 is 2.42 bits per heavy atom. The zero-order chi connectivity index (χ0) is 18.5. The lowest BCUT2D eigenvalue weighted by atomic mass is 10.0. The maximum Gasteiger partial charge on any atom is 0.341 e. The summed E-state index contributed by atoms with van der Waals surface area (Å²) in [7, 11) is 0. The number of benzene rings is 3. The number of carbonyl (C=O) groups excluding carboxylic acids is 2. The summed E-state index contributed by atoms with van der Waals surface area (Å²) >= 11 is 0. The Kier molecular flexibility index (Phi) is 5.17. The summed E-state index contributed by atoms with van der Waals surface area (Å²) in [6, 6.07) is 17.5. The minimum Gasteiger partial charge on any atom is -0.457 e. The SMILES string of the molecule is O=Cc1cccc(-c2ccc(C(=O)OCc3ccccc3)c(F)c2F)c1. The molecule has 3 rings (SSSR count). The van der Waals surface area contributed by atoms with Gasteiger partial charge in [-0.05, 0) is 23.3 Å². The van der Waals surface area contributed by atoms with Crippen LogP contribution in [-0.4, -0.2) is 12.3 Å². The molecule has 0 aromatic heterocycles. The molecule has 0 atom stereocenters. The van der Waals surface area contributed by atoms with Crippen LogP contribution in [0.25, 0.3) is 11.1 Å². The summed E-state index contributed by atoms with van der Waals surface area (Å²) in [4.78, 5) is 22.9. The largest absolute Gasteiger partial charge is 0.457 e. The van der Waals surface area contributed by atoms with Crippen LogP contribution in [-0.2, 0) is 11.3 Å². The highest BCUT2D eigenvalue weighted by Crippen LogP contribution is 2.27. The van der Waals surface area contributed by atoms with Crippen LogP contribution in [0.1, 0.15) is 26.3 Å². The van der Waals surface area contributed by atoms with Crippen LogP contribution < -0.4 is 0 Å². The first-order valence-corrected chi connectivity index (χ1v) is 7.85. The lowest BCUT2D eigenvalue weighted by Crippen LogP contribution is -2.09. The number of esters is 1. The van der Waals surface area contributed by atoms with E-state index in [0.29, 0.717) is 17.4 Å². The van der Waals surface area contributed by atoms with E-state index in [1.54, 1.807) is 42.5 Å². The molecule has 3 aromatic rings. The molecule has 0 bridgehead atoms. The number of carbonyl (C=O) groups is 2. The second kappa shape index (κ2) is 7.70. The van der Waals surface area contributed by atoms with Gasteiger partial charge in [0.1, 0.15) is 12.9 Å². The Labute approximate surface area is 148 Å². The lowest BCUT2D eigenvalue weighted by Gasteiger charge is -2.09. The topological polar surface area (TPSA) is 43.4 Å². The van der Waals surface area contributed by atoms with E-state index in [0.717, 1.165) is 5.56 Å². The predicted molar refractivity (Wildman–Crippen MR) is 92.7 cm³/mol. The van der Waals surface area contributed by atoms with Crippen molar-refractivity contribution in [2.24, 2.45) is 0 Å². The number of halogens is 2. The average molecular weight is 352 g/mol. The van der Waals surface area contributed by atoms with Crippen LogP contribution in [0.15, 0.2) is 66.7 Å². The van der Waals surface area contributed by atoms with Gasteiger partial charge in [-0.3, -0.25) is 4.79 Å². The maximum absolute atomic E-state index is 14.4. The Morgan fingerprint density at radius 1 is 0.923 bits per heavy atom. The molecule has 0 heterocycles. The molecule has 0 saturated carbocycles. The van der Waals surface area contributed by atoms with Gasteiger partial charge in [0.05, 0.1) is 5.56 Å². The fraction of sp³-hybridized carbons (Fsp3) is 0.0476. The van der Waals surface area contributed by atoms with E-state index in [1.165, 1.54) is 18.2 Å². The molecule has 0 unspecified atom stereocenters. The van der Waals surface area contributed by atoms with Crippen molar-refractivity contribution in [1.29, 1.82) is 0 Å². The van der Waals surface area contributed by atoms with Gasteiger partial charge in [0.15, 0.2) is 11.6 Å². The summed E-state index contributed by atoms with van der Waals surface area (Å²) in [5.41, 5.74) is 0.910. The Hall–Kier alpha value is -3.34. The van der Waals surface area contributed by atoms with E-state index < -0.39 is 23.2 Å². The summed E-state index contributed by atoms with van der Waals surface area (Å²) in [5.74, 6) is -3.39. The molecule has 0 spiro atoms. The van der Waals surface area contributed by atoms with Crippen LogP contribution in [0.5, 0.6) is 0 Å². The van der Waals surface area contributed by atoms with Gasteiger partial charge in [-0.2, -0.15) is 0 Å². The fourth-order valence-corrected chi connectivity index (χ4v) is 2.51. The molecular weight excluding hydrogens is 338 g/mol. The molecule has 3 nitrogen and oxygen atoms in total. The van der Waals surface area contributed by atoms with Crippen LogP contribution >= 0.6 is 0 Å². The van der Waals surface area contributed by atoms with Crippen LogP contribution in [0.2, 0.25) is 0 Å². The van der Waals surface area contributed by atoms with Crippen LogP contribution in [0, 0.1) is 11.6 Å². The number of ether oxygens (including phenoxy) is 1. The molecule has 130 valence electrons. The molecule has 26 heavy (non-hydrogen) atoms. The molecule has 3 aromatic carbocycles. The third-order valence-electron chi connectivity index (χ3n) is 3.85. The highest BCUT2D eigenvalue weighted by Gasteiger charge is 2.20. The molecule has 0 aliphatic heterocycles. The van der Waals surface area contributed by atoms with Gasteiger partial charge in [-0.25, -0.2) is 13.6 Å². The van der Waals surface area contributed by atoms with Crippen molar-refractivity contribution in [3.8, 4) is 11.1 Å². The van der Waals surface area contributed by atoms with E-state index in [2.05, 4.69) is 0 Å². The van der Waals surface area contributed by atoms with E-state index in [-0.39, 0.29) is 12.2 Å². The first-order chi connectivity index (χ1) is 12.6. The minimum atomic E-state index is -1.28. The number of aldehydes is 1. The van der Waals surface area contributed by atoms with Crippen molar-refractivity contribution in [3.05, 3.63) is 95.1 Å². The molecule has 0 saturated heterocycles. The predicted octanol–water partition coefficient (Wildman–Crippen LogP) is 4.80. The summed E-state index contributed by atoms with van der Waals surface area (Å²) in [6.07, 6.45) is 0.618. The minimum absolute atomic E-state index is 0.0363. The normalized spacial score (nSPS) is 10.4. The molecule has 0 radical (unpaired) electrons. The molecule has 0 aliphatic rings. The quantitative estimate of drug-likeness (QED) is 0.489. The second-order valence-corrected chi connectivity index (χ2v) is 5.59. The number of rotatable bonds is 5. The van der Waals surface area contributed by atoms with Crippen molar-refractivity contribution in [1.82, 2.24) is 0 Å². The zero-order valence-corrected chi connectivity index (χ0v) is 13.6. The third kappa shape index (κ3) is 3.67. The number of hydrogen-bond acceptors (Lipinski definition) is 3. The third-order valence-corrected chi connectivity index (χ3v) is 3.85. The van der Waals surface area contributed by atoms with Gasteiger partial charge < -0.3 is 4.74 Å². The lowest BCUT2D eigenvalue weighted by molar-refractivity contribution is 0.0466. The summed E-state index contributed by atoms with van der Waals surface area (Å²) in [5, 5.41) is 0. The maximum atomic E-state index is 14.4. The molecule has 0 fully saturated rings. The second-order valence-electron chi connectivity index (χ2n) is 5.59. The van der Waals surface area contributed by atoms with Crippen molar-refractivity contribution in [2.75, 3.05) is 0 Å². The van der Waals surface area contributed by atoms with Crippen molar-refractivity contribution < 1.29 is 23.1 Å². The average Bonchev–Trinajstić information content (AvgIpc) is 2.69. The highest BCUT2D eigenvalue weighted by molar-refractivity contribution is 5.90. The molecule has 0 N–H and O–H groups in total. The van der Waals surface area contributed by atoms with Crippen LogP contribution in [0.4, 0.5) is 8.78 Å². The molecule has 0 amide bonds. The first-order valence-electron chi connectivity index (χ1n) is 7.85. The highest BCUT2D eigenvalue weighted by atomic mass is 19.2. The zero-order valence-electron chi connectivity index (χ0n) is 13.6. The monoisotopic (exact) mass is 352 g/mol. The van der Waals surface area contributed by atoms with E-state index in [1.807, 2.05) is 6.07 Å². The van der Waals surface area contributed by atoms with Gasteiger partial charge in [-0.1, -0.05) is 54.6 Å². The van der Waals surface area contributed by atoms with Gasteiger partial charge in [-0.15, -0.1) is 0 Å². The van der Waals surface area contributed by atoms with E-state index in [4.69, 9.17) is 4.74 Å². The summed E-state index contributed by atoms with van der Waals surface area (Å²) < 4.78 is 33.8. The fourth-order valence-electron chi connectivity index (χ4n) is 2.51. The van der Waals surface area contributed by atoms with Crippen molar-refractivity contribution >= 4 is 12.3 Å². The summed E-state index contributed by atoms with van der Waals surface area (Å²) in [6.45, 7) is -0.0378. The Balaban J connectivity index is 1.84. The van der Waals surface area contributed by atoms with E-state index >= 15 is 0 Å². The van der Waals surface area contributed by atoms with Crippen molar-refractivity contribution in [3.63, 3.8) is 0 Å². The van der Waals surface area contributed by atoms with Gasteiger partial charge in [0.25, 0.3) is 0 Å². The van der Waals surface area contributed by atoms with Crippen molar-refractivity contribution in [2.45, 2.75) is 6.61 Å². The molecule has 0 aliphatic carbocycles.